The van der Waals surface area contributed by atoms with Gasteiger partial charge in [-0.3, -0.25) is 0 Å². The highest BCUT2D eigenvalue weighted by Gasteiger charge is 2.25. The molecule has 1 aromatic heterocycles. The van der Waals surface area contributed by atoms with E-state index in [1.807, 2.05) is 6.07 Å². The average Bonchev–Trinajstić information content (AvgIpc) is 2.67. The Kier molecular flexibility index (Phi) is 4.77. The molecular formula is C22H17F2NO3. The van der Waals surface area contributed by atoms with Crippen LogP contribution in [0.25, 0.3) is 22.6 Å². The molecule has 4 nitrogen and oxygen atoms in total. The van der Waals surface area contributed by atoms with E-state index in [1.165, 1.54) is 6.07 Å². The van der Waals surface area contributed by atoms with Crippen LogP contribution < -0.4 is 4.74 Å². The number of fused-ring (bicyclic) bond motifs is 2. The highest BCUT2D eigenvalue weighted by atomic mass is 19.3. The summed E-state index contributed by atoms with van der Waals surface area (Å²) in [5.41, 5.74) is 3.51. The Morgan fingerprint density at radius 3 is 2.64 bits per heavy atom. The summed E-state index contributed by atoms with van der Waals surface area (Å²) in [5.74, 6) is -0.908. The van der Waals surface area contributed by atoms with Gasteiger partial charge in [-0.05, 0) is 48.6 Å². The fraction of sp³-hybridized carbons (Fsp3) is 0.182. The minimum atomic E-state index is -2.92. The zero-order valence-corrected chi connectivity index (χ0v) is 14.9. The van der Waals surface area contributed by atoms with Crippen molar-refractivity contribution in [3.63, 3.8) is 0 Å². The van der Waals surface area contributed by atoms with Gasteiger partial charge in [-0.1, -0.05) is 36.4 Å². The van der Waals surface area contributed by atoms with E-state index in [0.717, 1.165) is 12.0 Å². The van der Waals surface area contributed by atoms with Crippen molar-refractivity contribution >= 4 is 28.5 Å². The maximum atomic E-state index is 12.7. The summed E-state index contributed by atoms with van der Waals surface area (Å²) in [4.78, 5) is 16.7. The number of alkyl halides is 2. The Bertz CT molecular complexity index is 1090. The van der Waals surface area contributed by atoms with Gasteiger partial charge in [0.1, 0.15) is 5.75 Å². The number of para-hydroxylation sites is 2. The van der Waals surface area contributed by atoms with Crippen molar-refractivity contribution in [3.05, 3.63) is 70.9 Å². The number of aromatic nitrogens is 1. The Balaban J connectivity index is 1.91. The van der Waals surface area contributed by atoms with Crippen LogP contribution >= 0.6 is 0 Å². The van der Waals surface area contributed by atoms with E-state index in [9.17, 15) is 18.7 Å². The third-order valence-corrected chi connectivity index (χ3v) is 4.85. The molecule has 0 aliphatic heterocycles. The molecule has 0 saturated heterocycles. The molecule has 6 heteroatoms. The fourth-order valence-electron chi connectivity index (χ4n) is 3.71. The number of allylic oxidation sites excluding steroid dienone is 1. The Labute approximate surface area is 160 Å². The molecule has 1 heterocycles. The van der Waals surface area contributed by atoms with E-state index in [-0.39, 0.29) is 11.3 Å². The van der Waals surface area contributed by atoms with E-state index in [1.54, 1.807) is 42.5 Å². The summed E-state index contributed by atoms with van der Waals surface area (Å²) < 4.78 is 30.0. The van der Waals surface area contributed by atoms with Crippen LogP contribution in [0.5, 0.6) is 5.75 Å². The molecule has 0 radical (unpaired) electrons. The summed E-state index contributed by atoms with van der Waals surface area (Å²) >= 11 is 0. The molecule has 0 fully saturated rings. The quantitative estimate of drug-likeness (QED) is 0.656. The minimum Gasteiger partial charge on any atom is -0.478 e. The predicted molar refractivity (Wildman–Crippen MR) is 103 cm³/mol. The van der Waals surface area contributed by atoms with Crippen LogP contribution in [0.3, 0.4) is 0 Å². The third kappa shape index (κ3) is 3.33. The number of carboxylic acid groups (broad SMARTS) is 1. The van der Waals surface area contributed by atoms with Crippen LogP contribution in [0.2, 0.25) is 0 Å². The first-order valence-corrected chi connectivity index (χ1v) is 8.94. The first-order valence-electron chi connectivity index (χ1n) is 8.94. The number of aromatic carboxylic acids is 1. The number of carboxylic acids is 1. The zero-order chi connectivity index (χ0) is 19.7. The zero-order valence-electron chi connectivity index (χ0n) is 14.9. The van der Waals surface area contributed by atoms with Gasteiger partial charge >= 0.3 is 12.6 Å². The molecule has 1 aliphatic carbocycles. The molecule has 0 spiro atoms. The monoisotopic (exact) mass is 381 g/mol. The minimum absolute atomic E-state index is 0.0800. The smallest absolute Gasteiger partial charge is 0.387 e. The SMILES string of the molecule is O=C(O)c1c2c(nc3ccccc13)/C(=C/c1ccccc1OC(F)F)CCC2. The van der Waals surface area contributed by atoms with Crippen molar-refractivity contribution in [3.8, 4) is 5.75 Å². The highest BCUT2D eigenvalue weighted by molar-refractivity contribution is 6.05. The standard InChI is InChI=1S/C22H17F2NO3/c23-22(24)28-18-11-4-1-6-13(18)12-14-7-5-9-16-19(21(26)27)15-8-2-3-10-17(15)25-20(14)16/h1-4,6,8,10-12,22H,5,7,9H2,(H,26,27)/b14-12+. The number of hydrogen-bond donors (Lipinski definition) is 1. The number of halogens is 2. The Morgan fingerprint density at radius 2 is 1.86 bits per heavy atom. The summed E-state index contributed by atoms with van der Waals surface area (Å²) in [5, 5.41) is 10.4. The van der Waals surface area contributed by atoms with Gasteiger partial charge in [0, 0.05) is 10.9 Å². The van der Waals surface area contributed by atoms with Crippen molar-refractivity contribution < 1.29 is 23.4 Å². The summed E-state index contributed by atoms with van der Waals surface area (Å²) in [7, 11) is 0. The van der Waals surface area contributed by atoms with E-state index >= 15 is 0 Å². The van der Waals surface area contributed by atoms with E-state index in [2.05, 4.69) is 4.74 Å². The summed E-state index contributed by atoms with van der Waals surface area (Å²) in [6.07, 6.45) is 3.82. The molecule has 0 atom stereocenters. The lowest BCUT2D eigenvalue weighted by molar-refractivity contribution is -0.0499. The topological polar surface area (TPSA) is 59.4 Å². The van der Waals surface area contributed by atoms with Gasteiger partial charge in [0.25, 0.3) is 0 Å². The van der Waals surface area contributed by atoms with Crippen LogP contribution in [0.4, 0.5) is 8.78 Å². The van der Waals surface area contributed by atoms with Crippen LogP contribution in [-0.2, 0) is 6.42 Å². The van der Waals surface area contributed by atoms with E-state index in [0.29, 0.717) is 40.6 Å². The maximum absolute atomic E-state index is 12.7. The summed E-state index contributed by atoms with van der Waals surface area (Å²) in [6.45, 7) is -2.92. The Morgan fingerprint density at radius 1 is 1.11 bits per heavy atom. The normalized spacial score (nSPS) is 15.0. The first kappa shape index (κ1) is 18.1. The largest absolute Gasteiger partial charge is 0.478 e. The highest BCUT2D eigenvalue weighted by Crippen LogP contribution is 2.37. The number of hydrogen-bond acceptors (Lipinski definition) is 3. The van der Waals surface area contributed by atoms with Crippen molar-refractivity contribution in [2.24, 2.45) is 0 Å². The van der Waals surface area contributed by atoms with Crippen molar-refractivity contribution in [2.75, 3.05) is 0 Å². The fourth-order valence-corrected chi connectivity index (χ4v) is 3.71. The lowest BCUT2D eigenvalue weighted by Gasteiger charge is -2.22. The average molecular weight is 381 g/mol. The number of rotatable bonds is 4. The van der Waals surface area contributed by atoms with Crippen LogP contribution in [0.15, 0.2) is 48.5 Å². The van der Waals surface area contributed by atoms with Gasteiger partial charge in [0.2, 0.25) is 0 Å². The summed E-state index contributed by atoms with van der Waals surface area (Å²) in [6, 6.07) is 13.7. The molecule has 0 unspecified atom stereocenters. The lowest BCUT2D eigenvalue weighted by atomic mass is 9.86. The van der Waals surface area contributed by atoms with Gasteiger partial charge in [0.05, 0.1) is 16.8 Å². The van der Waals surface area contributed by atoms with Crippen molar-refractivity contribution in [1.82, 2.24) is 4.98 Å². The molecule has 28 heavy (non-hydrogen) atoms. The second-order valence-electron chi connectivity index (χ2n) is 6.58. The number of carbonyl (C=O) groups is 1. The molecule has 3 aromatic rings. The second kappa shape index (κ2) is 7.38. The molecular weight excluding hydrogens is 364 g/mol. The molecule has 0 bridgehead atoms. The van der Waals surface area contributed by atoms with Gasteiger partial charge in [-0.2, -0.15) is 8.78 Å². The number of pyridine rings is 1. The van der Waals surface area contributed by atoms with Gasteiger partial charge < -0.3 is 9.84 Å². The van der Waals surface area contributed by atoms with Gasteiger partial charge in [0.15, 0.2) is 0 Å². The molecule has 2 aromatic carbocycles. The third-order valence-electron chi connectivity index (χ3n) is 4.85. The van der Waals surface area contributed by atoms with Gasteiger partial charge in [-0.25, -0.2) is 9.78 Å². The number of ether oxygens (including phenoxy) is 1. The molecule has 142 valence electrons. The maximum Gasteiger partial charge on any atom is 0.387 e. The Hall–Kier alpha value is -3.28. The molecule has 1 N–H and O–H groups in total. The molecule has 4 rings (SSSR count). The lowest BCUT2D eigenvalue weighted by Crippen LogP contribution is -2.13. The van der Waals surface area contributed by atoms with Crippen LogP contribution in [-0.4, -0.2) is 22.7 Å². The molecule has 0 amide bonds. The number of benzene rings is 2. The molecule has 0 saturated carbocycles. The predicted octanol–water partition coefficient (Wildman–Crippen LogP) is 5.41. The van der Waals surface area contributed by atoms with Crippen molar-refractivity contribution in [2.45, 2.75) is 25.9 Å². The molecule has 1 aliphatic rings. The van der Waals surface area contributed by atoms with Gasteiger partial charge in [-0.15, -0.1) is 0 Å². The number of nitrogens with zero attached hydrogens (tertiary/aromatic N) is 1. The van der Waals surface area contributed by atoms with Crippen LogP contribution in [0.1, 0.15) is 40.0 Å². The van der Waals surface area contributed by atoms with Crippen molar-refractivity contribution in [1.29, 1.82) is 0 Å². The first-order chi connectivity index (χ1) is 13.5. The van der Waals surface area contributed by atoms with E-state index < -0.39 is 12.6 Å². The van der Waals surface area contributed by atoms with Crippen LogP contribution in [0, 0.1) is 0 Å². The van der Waals surface area contributed by atoms with E-state index in [4.69, 9.17) is 4.98 Å². The second-order valence-corrected chi connectivity index (χ2v) is 6.58.